The van der Waals surface area contributed by atoms with Gasteiger partial charge < -0.3 is 10.4 Å². The first-order valence-corrected chi connectivity index (χ1v) is 9.77. The second-order valence-corrected chi connectivity index (χ2v) is 7.29. The van der Waals surface area contributed by atoms with E-state index in [0.717, 1.165) is 19.3 Å². The van der Waals surface area contributed by atoms with Crippen molar-refractivity contribution in [1.29, 1.82) is 0 Å². The van der Waals surface area contributed by atoms with Crippen molar-refractivity contribution in [3.63, 3.8) is 0 Å². The van der Waals surface area contributed by atoms with E-state index in [4.69, 9.17) is 0 Å². The lowest BCUT2D eigenvalue weighted by Gasteiger charge is -2.27. The van der Waals surface area contributed by atoms with Gasteiger partial charge in [-0.1, -0.05) is 73.5 Å². The van der Waals surface area contributed by atoms with Crippen LogP contribution in [0.2, 0.25) is 0 Å². The maximum absolute atomic E-state index is 12.6. The number of carboxylic acids is 1. The van der Waals surface area contributed by atoms with Crippen molar-refractivity contribution in [1.82, 2.24) is 5.32 Å². The van der Waals surface area contributed by atoms with Crippen LogP contribution in [0.1, 0.15) is 49.1 Å². The lowest BCUT2D eigenvalue weighted by Crippen LogP contribution is -2.40. The summed E-state index contributed by atoms with van der Waals surface area (Å²) in [6, 6.07) is 20.6. The zero-order valence-electron chi connectivity index (χ0n) is 15.5. The van der Waals surface area contributed by atoms with E-state index in [1.54, 1.807) is 0 Å². The smallest absolute Gasteiger partial charge is 0.307 e. The number of carbonyl (C=O) groups excluding carboxylic acids is 1. The van der Waals surface area contributed by atoms with Crippen LogP contribution >= 0.6 is 0 Å². The number of hydrogen-bond acceptors (Lipinski definition) is 2. The zero-order valence-corrected chi connectivity index (χ0v) is 15.5. The second kappa shape index (κ2) is 9.36. The summed E-state index contributed by atoms with van der Waals surface area (Å²) >= 11 is 0. The largest absolute Gasteiger partial charge is 0.481 e. The molecule has 0 heterocycles. The molecule has 0 bridgehead atoms. The Balaban J connectivity index is 1.64. The zero-order chi connectivity index (χ0) is 19.1. The lowest BCUT2D eigenvalue weighted by molar-refractivity contribution is -0.148. The molecule has 2 N–H and O–H groups in total. The summed E-state index contributed by atoms with van der Waals surface area (Å²) in [5.74, 6) is -1.70. The summed E-state index contributed by atoms with van der Waals surface area (Å²) in [7, 11) is 0. The molecule has 3 rings (SSSR count). The molecular formula is C23H27NO3. The molecule has 2 aromatic rings. The molecule has 0 spiro atoms. The van der Waals surface area contributed by atoms with Gasteiger partial charge >= 0.3 is 5.97 Å². The maximum atomic E-state index is 12.6. The molecule has 0 unspecified atom stereocenters. The first-order valence-electron chi connectivity index (χ1n) is 9.77. The molecule has 1 amide bonds. The van der Waals surface area contributed by atoms with Crippen LogP contribution in [0.25, 0.3) is 0 Å². The van der Waals surface area contributed by atoms with Crippen molar-refractivity contribution in [2.24, 2.45) is 11.8 Å². The molecule has 0 aromatic heterocycles. The number of rotatable bonds is 7. The minimum absolute atomic E-state index is 0.109. The molecule has 1 aliphatic rings. The van der Waals surface area contributed by atoms with E-state index in [1.165, 1.54) is 11.1 Å². The number of carboxylic acid groups (broad SMARTS) is 1. The topological polar surface area (TPSA) is 66.4 Å². The van der Waals surface area contributed by atoms with Gasteiger partial charge in [-0.3, -0.25) is 9.59 Å². The molecule has 0 saturated heterocycles. The molecular weight excluding hydrogens is 338 g/mol. The standard InChI is InChI=1S/C23H27NO3/c25-22(20-13-7-8-14-21(20)23(26)27)24-16-15-19(17-9-3-1-4-10-17)18-11-5-2-6-12-18/h1-6,9-12,19-21H,7-8,13-16H2,(H,24,25)(H,26,27)/t20-,21+/m1/s1. The number of aliphatic carboxylic acids is 1. The first-order chi connectivity index (χ1) is 13.2. The molecule has 1 aliphatic carbocycles. The SMILES string of the molecule is O=C(O)[C@H]1CCCC[C@H]1C(=O)NCCC(c1ccccc1)c1ccccc1. The fraction of sp³-hybridized carbons (Fsp3) is 0.391. The van der Waals surface area contributed by atoms with Crippen LogP contribution in [0.3, 0.4) is 0 Å². The Hall–Kier alpha value is -2.62. The van der Waals surface area contributed by atoms with E-state index in [2.05, 4.69) is 29.6 Å². The molecule has 4 heteroatoms. The Morgan fingerprint density at radius 1 is 0.889 bits per heavy atom. The van der Waals surface area contributed by atoms with E-state index in [-0.39, 0.29) is 11.8 Å². The summed E-state index contributed by atoms with van der Waals surface area (Å²) in [4.78, 5) is 24.0. The molecule has 0 radical (unpaired) electrons. The first kappa shape index (κ1) is 19.2. The molecule has 4 nitrogen and oxygen atoms in total. The van der Waals surface area contributed by atoms with Gasteiger partial charge in [0.25, 0.3) is 0 Å². The third-order valence-electron chi connectivity index (χ3n) is 5.56. The van der Waals surface area contributed by atoms with Crippen molar-refractivity contribution < 1.29 is 14.7 Å². The third kappa shape index (κ3) is 4.97. The number of amides is 1. The fourth-order valence-corrected chi connectivity index (χ4v) is 4.11. The van der Waals surface area contributed by atoms with Gasteiger partial charge in [0.1, 0.15) is 0 Å². The van der Waals surface area contributed by atoms with Crippen LogP contribution in [0.15, 0.2) is 60.7 Å². The maximum Gasteiger partial charge on any atom is 0.307 e. The molecule has 2 aromatic carbocycles. The quantitative estimate of drug-likeness (QED) is 0.772. The van der Waals surface area contributed by atoms with Crippen molar-refractivity contribution >= 4 is 11.9 Å². The van der Waals surface area contributed by atoms with E-state index in [1.807, 2.05) is 36.4 Å². The van der Waals surface area contributed by atoms with Crippen molar-refractivity contribution in [2.75, 3.05) is 6.54 Å². The number of hydrogen-bond donors (Lipinski definition) is 2. The molecule has 142 valence electrons. The average Bonchev–Trinajstić information content (AvgIpc) is 2.72. The van der Waals surface area contributed by atoms with Crippen LogP contribution in [-0.2, 0) is 9.59 Å². The predicted octanol–water partition coefficient (Wildman–Crippen LogP) is 4.22. The monoisotopic (exact) mass is 365 g/mol. The Morgan fingerprint density at radius 3 is 1.93 bits per heavy atom. The van der Waals surface area contributed by atoms with E-state index < -0.39 is 17.8 Å². The molecule has 1 fully saturated rings. The van der Waals surface area contributed by atoms with E-state index >= 15 is 0 Å². The Labute approximate surface area is 160 Å². The van der Waals surface area contributed by atoms with Crippen LogP contribution in [-0.4, -0.2) is 23.5 Å². The average molecular weight is 365 g/mol. The van der Waals surface area contributed by atoms with Gasteiger partial charge in [0.2, 0.25) is 5.91 Å². The highest BCUT2D eigenvalue weighted by molar-refractivity contribution is 5.84. The highest BCUT2D eigenvalue weighted by Crippen LogP contribution is 2.31. The van der Waals surface area contributed by atoms with Gasteiger partial charge in [0.05, 0.1) is 11.8 Å². The molecule has 2 atom stereocenters. The summed E-state index contributed by atoms with van der Waals surface area (Å²) < 4.78 is 0. The van der Waals surface area contributed by atoms with Gasteiger partial charge in [-0.15, -0.1) is 0 Å². The van der Waals surface area contributed by atoms with Crippen molar-refractivity contribution in [2.45, 2.75) is 38.0 Å². The van der Waals surface area contributed by atoms with Gasteiger partial charge in [-0.2, -0.15) is 0 Å². The highest BCUT2D eigenvalue weighted by Gasteiger charge is 2.35. The van der Waals surface area contributed by atoms with Gasteiger partial charge in [-0.25, -0.2) is 0 Å². The second-order valence-electron chi connectivity index (χ2n) is 7.29. The minimum Gasteiger partial charge on any atom is -0.481 e. The molecule has 1 saturated carbocycles. The predicted molar refractivity (Wildman–Crippen MR) is 105 cm³/mol. The minimum atomic E-state index is -0.846. The molecule has 27 heavy (non-hydrogen) atoms. The summed E-state index contributed by atoms with van der Waals surface area (Å²) in [6.07, 6.45) is 3.88. The number of carbonyl (C=O) groups is 2. The van der Waals surface area contributed by atoms with E-state index in [9.17, 15) is 14.7 Å². The van der Waals surface area contributed by atoms with Crippen LogP contribution in [0, 0.1) is 11.8 Å². The normalized spacial score (nSPS) is 19.6. The lowest BCUT2D eigenvalue weighted by atomic mass is 9.78. The van der Waals surface area contributed by atoms with Crippen LogP contribution in [0.4, 0.5) is 0 Å². The van der Waals surface area contributed by atoms with E-state index in [0.29, 0.717) is 19.4 Å². The van der Waals surface area contributed by atoms with Crippen molar-refractivity contribution in [3.05, 3.63) is 71.8 Å². The van der Waals surface area contributed by atoms with Crippen LogP contribution in [0.5, 0.6) is 0 Å². The molecule has 0 aliphatic heterocycles. The number of nitrogens with one attached hydrogen (secondary N) is 1. The summed E-state index contributed by atoms with van der Waals surface area (Å²) in [5.41, 5.74) is 2.44. The number of benzene rings is 2. The van der Waals surface area contributed by atoms with Gasteiger partial charge in [-0.05, 0) is 30.4 Å². The van der Waals surface area contributed by atoms with Crippen LogP contribution < -0.4 is 5.32 Å². The third-order valence-corrected chi connectivity index (χ3v) is 5.56. The summed E-state index contributed by atoms with van der Waals surface area (Å²) in [6.45, 7) is 0.538. The Bertz CT molecular complexity index is 705. The van der Waals surface area contributed by atoms with Gasteiger partial charge in [0.15, 0.2) is 0 Å². The van der Waals surface area contributed by atoms with Gasteiger partial charge in [0, 0.05) is 12.5 Å². The van der Waals surface area contributed by atoms with Crippen molar-refractivity contribution in [3.8, 4) is 0 Å². The summed E-state index contributed by atoms with van der Waals surface area (Å²) in [5, 5.41) is 12.4. The Kier molecular flexibility index (Phi) is 6.64. The fourth-order valence-electron chi connectivity index (χ4n) is 4.11. The Morgan fingerprint density at radius 2 is 1.41 bits per heavy atom. The highest BCUT2D eigenvalue weighted by atomic mass is 16.4.